The second kappa shape index (κ2) is 4.21. The molecule has 0 aliphatic rings. The minimum Gasteiger partial charge on any atom is -0.326 e. The molecule has 3 heteroatoms. The van der Waals surface area contributed by atoms with Crippen LogP contribution in [0.3, 0.4) is 0 Å². The first-order chi connectivity index (χ1) is 6.09. The third-order valence-corrected chi connectivity index (χ3v) is 1.99. The zero-order valence-electron chi connectivity index (χ0n) is 8.42. The highest BCUT2D eigenvalue weighted by atomic mass is 16.1. The molecule has 72 valence electrons. The van der Waals surface area contributed by atoms with Gasteiger partial charge < -0.3 is 4.98 Å². The van der Waals surface area contributed by atoms with Crippen molar-refractivity contribution in [3.63, 3.8) is 0 Å². The van der Waals surface area contributed by atoms with E-state index < -0.39 is 0 Å². The van der Waals surface area contributed by atoms with Crippen molar-refractivity contribution in [2.75, 3.05) is 0 Å². The lowest BCUT2D eigenvalue weighted by atomic mass is 10.1. The van der Waals surface area contributed by atoms with E-state index in [1.54, 1.807) is 13.1 Å². The second-order valence-electron chi connectivity index (χ2n) is 3.74. The fourth-order valence-electron chi connectivity index (χ4n) is 1.12. The van der Waals surface area contributed by atoms with Gasteiger partial charge >= 0.3 is 0 Å². The predicted molar refractivity (Wildman–Crippen MR) is 52.8 cm³/mol. The standard InChI is InChI=1S/C10H16N2O/c1-7(2)4-5-9-6-11-10(13)8(3)12-9/h6-7H,4-5H2,1-3H3,(H,11,13). The third-order valence-electron chi connectivity index (χ3n) is 1.99. The van der Waals surface area contributed by atoms with Crippen LogP contribution in [0.25, 0.3) is 0 Å². The average Bonchev–Trinajstić information content (AvgIpc) is 2.07. The number of aromatic nitrogens is 2. The van der Waals surface area contributed by atoms with Gasteiger partial charge in [-0.15, -0.1) is 0 Å². The summed E-state index contributed by atoms with van der Waals surface area (Å²) in [7, 11) is 0. The van der Waals surface area contributed by atoms with Crippen molar-refractivity contribution in [1.82, 2.24) is 9.97 Å². The Balaban J connectivity index is 2.69. The van der Waals surface area contributed by atoms with Gasteiger partial charge in [0.25, 0.3) is 5.56 Å². The van der Waals surface area contributed by atoms with Crippen LogP contribution < -0.4 is 5.56 Å². The van der Waals surface area contributed by atoms with Crippen LogP contribution >= 0.6 is 0 Å². The smallest absolute Gasteiger partial charge is 0.269 e. The topological polar surface area (TPSA) is 45.8 Å². The van der Waals surface area contributed by atoms with Gasteiger partial charge in [-0.25, -0.2) is 0 Å². The first-order valence-corrected chi connectivity index (χ1v) is 4.65. The van der Waals surface area contributed by atoms with E-state index >= 15 is 0 Å². The molecule has 0 aliphatic carbocycles. The Bertz CT molecular complexity index is 328. The van der Waals surface area contributed by atoms with Crippen LogP contribution in [0.2, 0.25) is 0 Å². The number of rotatable bonds is 3. The molecular formula is C10H16N2O. The van der Waals surface area contributed by atoms with E-state index in [9.17, 15) is 4.79 Å². The molecular weight excluding hydrogens is 164 g/mol. The summed E-state index contributed by atoms with van der Waals surface area (Å²) in [5.41, 5.74) is 1.44. The highest BCUT2D eigenvalue weighted by Gasteiger charge is 2.00. The quantitative estimate of drug-likeness (QED) is 0.769. The van der Waals surface area contributed by atoms with Crippen LogP contribution in [0.15, 0.2) is 11.0 Å². The molecule has 1 rings (SSSR count). The van der Waals surface area contributed by atoms with Gasteiger partial charge in [0.1, 0.15) is 5.69 Å². The number of hydrogen-bond donors (Lipinski definition) is 1. The first kappa shape index (κ1) is 9.96. The SMILES string of the molecule is Cc1nc(CCC(C)C)c[nH]c1=O. The predicted octanol–water partition coefficient (Wildman–Crippen LogP) is 1.67. The normalized spacial score (nSPS) is 10.8. The first-order valence-electron chi connectivity index (χ1n) is 4.65. The van der Waals surface area contributed by atoms with E-state index in [2.05, 4.69) is 23.8 Å². The van der Waals surface area contributed by atoms with E-state index in [1.165, 1.54) is 0 Å². The summed E-state index contributed by atoms with van der Waals surface area (Å²) in [6.45, 7) is 6.09. The van der Waals surface area contributed by atoms with Crippen LogP contribution in [-0.2, 0) is 6.42 Å². The van der Waals surface area contributed by atoms with Crippen LogP contribution in [-0.4, -0.2) is 9.97 Å². The van der Waals surface area contributed by atoms with E-state index in [0.29, 0.717) is 11.6 Å². The summed E-state index contributed by atoms with van der Waals surface area (Å²) in [4.78, 5) is 17.9. The molecule has 0 saturated carbocycles. The number of aromatic amines is 1. The van der Waals surface area contributed by atoms with Gasteiger partial charge in [-0.1, -0.05) is 13.8 Å². The van der Waals surface area contributed by atoms with Gasteiger partial charge in [0, 0.05) is 6.20 Å². The molecule has 3 nitrogen and oxygen atoms in total. The van der Waals surface area contributed by atoms with Crippen LogP contribution in [0.4, 0.5) is 0 Å². The third kappa shape index (κ3) is 3.01. The van der Waals surface area contributed by atoms with Crippen molar-refractivity contribution < 1.29 is 0 Å². The maximum atomic E-state index is 11.0. The van der Waals surface area contributed by atoms with Crippen molar-refractivity contribution in [3.05, 3.63) is 27.9 Å². The van der Waals surface area contributed by atoms with Crippen LogP contribution in [0.5, 0.6) is 0 Å². The Morgan fingerprint density at radius 3 is 2.77 bits per heavy atom. The highest BCUT2D eigenvalue weighted by Crippen LogP contribution is 2.04. The second-order valence-corrected chi connectivity index (χ2v) is 3.74. The van der Waals surface area contributed by atoms with Gasteiger partial charge in [0.15, 0.2) is 0 Å². The van der Waals surface area contributed by atoms with Gasteiger partial charge in [-0.05, 0) is 25.7 Å². The number of aryl methyl sites for hydroxylation is 2. The van der Waals surface area contributed by atoms with Crippen molar-refractivity contribution in [1.29, 1.82) is 0 Å². The summed E-state index contributed by atoms with van der Waals surface area (Å²) < 4.78 is 0. The minimum absolute atomic E-state index is 0.0895. The maximum absolute atomic E-state index is 11.0. The largest absolute Gasteiger partial charge is 0.326 e. The highest BCUT2D eigenvalue weighted by molar-refractivity contribution is 5.01. The van der Waals surface area contributed by atoms with Gasteiger partial charge in [0.2, 0.25) is 0 Å². The summed E-state index contributed by atoms with van der Waals surface area (Å²) >= 11 is 0. The maximum Gasteiger partial charge on any atom is 0.269 e. The lowest BCUT2D eigenvalue weighted by Crippen LogP contribution is -2.12. The summed E-state index contributed by atoms with van der Waals surface area (Å²) in [5, 5.41) is 0. The van der Waals surface area contributed by atoms with Crippen LogP contribution in [0, 0.1) is 12.8 Å². The molecule has 0 unspecified atom stereocenters. The van der Waals surface area contributed by atoms with E-state index in [1.807, 2.05) is 0 Å². The molecule has 0 spiro atoms. The zero-order chi connectivity index (χ0) is 9.84. The summed E-state index contributed by atoms with van der Waals surface area (Å²) in [6, 6.07) is 0. The molecule has 0 saturated heterocycles. The molecule has 0 fully saturated rings. The molecule has 0 atom stereocenters. The molecule has 1 aromatic heterocycles. The molecule has 0 bridgehead atoms. The van der Waals surface area contributed by atoms with E-state index in [4.69, 9.17) is 0 Å². The molecule has 1 N–H and O–H groups in total. The number of nitrogens with zero attached hydrogens (tertiary/aromatic N) is 1. The van der Waals surface area contributed by atoms with Crippen molar-refractivity contribution in [2.45, 2.75) is 33.6 Å². The minimum atomic E-state index is -0.0895. The van der Waals surface area contributed by atoms with Crippen molar-refractivity contribution in [2.24, 2.45) is 5.92 Å². The van der Waals surface area contributed by atoms with Crippen LogP contribution in [0.1, 0.15) is 31.7 Å². The molecule has 0 aromatic carbocycles. The summed E-state index contributed by atoms with van der Waals surface area (Å²) in [6.07, 6.45) is 3.76. The van der Waals surface area contributed by atoms with Crippen molar-refractivity contribution in [3.8, 4) is 0 Å². The molecule has 0 amide bonds. The number of H-pyrrole nitrogens is 1. The van der Waals surface area contributed by atoms with Crippen molar-refractivity contribution >= 4 is 0 Å². The Labute approximate surface area is 78.2 Å². The Kier molecular flexibility index (Phi) is 3.23. The van der Waals surface area contributed by atoms with E-state index in [0.717, 1.165) is 18.5 Å². The number of hydrogen-bond acceptors (Lipinski definition) is 2. The number of nitrogens with one attached hydrogen (secondary N) is 1. The lowest BCUT2D eigenvalue weighted by molar-refractivity contribution is 0.579. The average molecular weight is 180 g/mol. The molecule has 1 aromatic rings. The zero-order valence-corrected chi connectivity index (χ0v) is 8.42. The van der Waals surface area contributed by atoms with Gasteiger partial charge in [0.05, 0.1) is 5.69 Å². The molecule has 0 radical (unpaired) electrons. The van der Waals surface area contributed by atoms with E-state index in [-0.39, 0.29) is 5.56 Å². The monoisotopic (exact) mass is 180 g/mol. The Morgan fingerprint density at radius 2 is 2.23 bits per heavy atom. The fraction of sp³-hybridized carbons (Fsp3) is 0.600. The Hall–Kier alpha value is -1.12. The molecule has 1 heterocycles. The lowest BCUT2D eigenvalue weighted by Gasteiger charge is -2.03. The molecule has 0 aliphatic heterocycles. The van der Waals surface area contributed by atoms with Gasteiger partial charge in [-0.2, -0.15) is 0 Å². The Morgan fingerprint density at radius 1 is 1.54 bits per heavy atom. The summed E-state index contributed by atoms with van der Waals surface area (Å²) in [5.74, 6) is 0.675. The fourth-order valence-corrected chi connectivity index (χ4v) is 1.12. The molecule has 13 heavy (non-hydrogen) atoms. The van der Waals surface area contributed by atoms with Gasteiger partial charge in [-0.3, -0.25) is 9.78 Å².